The summed E-state index contributed by atoms with van der Waals surface area (Å²) >= 11 is 11.3. The normalized spacial score (nSPS) is 17.2. The molecule has 1 fully saturated rings. The van der Waals surface area contributed by atoms with Crippen molar-refractivity contribution in [3.05, 3.63) is 53.6 Å². The number of nitrogens with zero attached hydrogens (tertiary/aromatic N) is 1. The van der Waals surface area contributed by atoms with Crippen LogP contribution in [0.3, 0.4) is 0 Å². The third kappa shape index (κ3) is 5.63. The van der Waals surface area contributed by atoms with Crippen molar-refractivity contribution >= 4 is 28.4 Å². The fraction of sp³-hybridized carbons (Fsp3) is 0.350. The van der Waals surface area contributed by atoms with Gasteiger partial charge in [0.25, 0.3) is 0 Å². The lowest BCUT2D eigenvalue weighted by molar-refractivity contribution is -0.112. The second-order valence-electron chi connectivity index (χ2n) is 6.28. The van der Waals surface area contributed by atoms with Crippen molar-refractivity contribution in [2.45, 2.75) is 25.3 Å². The first-order valence-electron chi connectivity index (χ1n) is 8.69. The topological polar surface area (TPSA) is 38.8 Å². The Labute approximate surface area is 163 Å². The van der Waals surface area contributed by atoms with Crippen molar-refractivity contribution in [2.24, 2.45) is 0 Å². The molecule has 0 radical (unpaired) electrons. The SMILES string of the molecule is O=C(Cl)CCN1CCC[C@@H]1COc1ccc(Oc2ccc(Cl)cc2)cc1. The Morgan fingerprint density at radius 1 is 1.04 bits per heavy atom. The van der Waals surface area contributed by atoms with Gasteiger partial charge in [0.1, 0.15) is 23.9 Å². The number of ether oxygens (including phenoxy) is 2. The maximum Gasteiger partial charge on any atom is 0.222 e. The number of rotatable bonds is 8. The van der Waals surface area contributed by atoms with Gasteiger partial charge in [0.15, 0.2) is 0 Å². The number of hydrogen-bond acceptors (Lipinski definition) is 4. The lowest BCUT2D eigenvalue weighted by atomic mass is 10.2. The van der Waals surface area contributed by atoms with E-state index in [2.05, 4.69) is 4.90 Å². The van der Waals surface area contributed by atoms with E-state index in [-0.39, 0.29) is 5.24 Å². The summed E-state index contributed by atoms with van der Waals surface area (Å²) in [6.45, 7) is 2.30. The zero-order chi connectivity index (χ0) is 18.4. The monoisotopic (exact) mass is 393 g/mol. The fourth-order valence-corrected chi connectivity index (χ4v) is 3.26. The Morgan fingerprint density at radius 3 is 2.31 bits per heavy atom. The number of carbonyl (C=O) groups excluding carboxylic acids is 1. The molecule has 1 aliphatic rings. The average Bonchev–Trinajstić information content (AvgIpc) is 3.09. The van der Waals surface area contributed by atoms with Crippen molar-refractivity contribution in [1.29, 1.82) is 0 Å². The second kappa shape index (κ2) is 9.26. The van der Waals surface area contributed by atoms with Crippen LogP contribution < -0.4 is 9.47 Å². The van der Waals surface area contributed by atoms with Crippen LogP contribution in [0.4, 0.5) is 0 Å². The lowest BCUT2D eigenvalue weighted by Crippen LogP contribution is -2.35. The van der Waals surface area contributed by atoms with Gasteiger partial charge in [-0.25, -0.2) is 0 Å². The first-order chi connectivity index (χ1) is 12.6. The molecule has 0 unspecified atom stereocenters. The van der Waals surface area contributed by atoms with E-state index in [1.807, 2.05) is 36.4 Å². The molecule has 6 heteroatoms. The molecular weight excluding hydrogens is 373 g/mol. The number of benzene rings is 2. The van der Waals surface area contributed by atoms with E-state index in [0.29, 0.717) is 30.6 Å². The smallest absolute Gasteiger partial charge is 0.222 e. The molecule has 0 bridgehead atoms. The average molecular weight is 394 g/mol. The molecule has 1 aliphatic heterocycles. The first-order valence-corrected chi connectivity index (χ1v) is 9.44. The summed E-state index contributed by atoms with van der Waals surface area (Å²) in [6.07, 6.45) is 2.58. The van der Waals surface area contributed by atoms with Crippen LogP contribution in [0.5, 0.6) is 17.2 Å². The maximum absolute atomic E-state index is 11.0. The van der Waals surface area contributed by atoms with Gasteiger partial charge in [0.05, 0.1) is 0 Å². The summed E-state index contributed by atoms with van der Waals surface area (Å²) in [5.41, 5.74) is 0. The van der Waals surface area contributed by atoms with Crippen LogP contribution in [-0.4, -0.2) is 35.9 Å². The molecule has 138 valence electrons. The molecule has 0 aromatic heterocycles. The van der Waals surface area contributed by atoms with Crippen LogP contribution >= 0.6 is 23.2 Å². The lowest BCUT2D eigenvalue weighted by Gasteiger charge is -2.23. The number of halogens is 2. The van der Waals surface area contributed by atoms with Crippen LogP contribution in [0, 0.1) is 0 Å². The van der Waals surface area contributed by atoms with Gasteiger partial charge < -0.3 is 9.47 Å². The molecule has 26 heavy (non-hydrogen) atoms. The molecule has 0 amide bonds. The van der Waals surface area contributed by atoms with Crippen LogP contribution in [-0.2, 0) is 4.79 Å². The van der Waals surface area contributed by atoms with Crippen molar-refractivity contribution < 1.29 is 14.3 Å². The van der Waals surface area contributed by atoms with Crippen molar-refractivity contribution in [3.63, 3.8) is 0 Å². The van der Waals surface area contributed by atoms with E-state index in [0.717, 1.165) is 36.6 Å². The van der Waals surface area contributed by atoms with Gasteiger partial charge >= 0.3 is 0 Å². The fourth-order valence-electron chi connectivity index (χ4n) is 3.04. The van der Waals surface area contributed by atoms with Crippen LogP contribution in [0.2, 0.25) is 5.02 Å². The van der Waals surface area contributed by atoms with Crippen molar-refractivity contribution in [1.82, 2.24) is 4.90 Å². The molecular formula is C20H21Cl2NO3. The largest absolute Gasteiger partial charge is 0.492 e. The van der Waals surface area contributed by atoms with Crippen LogP contribution in [0.15, 0.2) is 48.5 Å². The van der Waals surface area contributed by atoms with Gasteiger partial charge in [-0.15, -0.1) is 0 Å². The number of likely N-dealkylation sites (tertiary alicyclic amines) is 1. The van der Waals surface area contributed by atoms with E-state index in [1.54, 1.807) is 12.1 Å². The van der Waals surface area contributed by atoms with Crippen LogP contribution in [0.1, 0.15) is 19.3 Å². The molecule has 0 saturated carbocycles. The summed E-state index contributed by atoms with van der Waals surface area (Å²) in [5.74, 6) is 2.27. The minimum Gasteiger partial charge on any atom is -0.492 e. The van der Waals surface area contributed by atoms with E-state index in [9.17, 15) is 4.79 Å². The van der Waals surface area contributed by atoms with Gasteiger partial charge in [-0.2, -0.15) is 0 Å². The van der Waals surface area contributed by atoms with Crippen LogP contribution in [0.25, 0.3) is 0 Å². The highest BCUT2D eigenvalue weighted by Crippen LogP contribution is 2.26. The molecule has 1 saturated heterocycles. The standard InChI is InChI=1S/C20H21Cl2NO3/c21-15-3-5-18(6-4-15)26-19-9-7-17(8-10-19)25-14-16-2-1-12-23(16)13-11-20(22)24/h3-10,16H,1-2,11-14H2/t16-/m1/s1. The van der Waals surface area contributed by atoms with Gasteiger partial charge in [0.2, 0.25) is 5.24 Å². The van der Waals surface area contributed by atoms with E-state index in [1.165, 1.54) is 0 Å². The minimum atomic E-state index is -0.284. The van der Waals surface area contributed by atoms with Crippen molar-refractivity contribution in [3.8, 4) is 17.2 Å². The third-order valence-electron chi connectivity index (χ3n) is 4.41. The molecule has 3 rings (SSSR count). The summed E-state index contributed by atoms with van der Waals surface area (Å²) < 4.78 is 11.7. The molecule has 1 heterocycles. The Kier molecular flexibility index (Phi) is 6.78. The highest BCUT2D eigenvalue weighted by molar-refractivity contribution is 6.63. The molecule has 2 aromatic rings. The molecule has 2 aromatic carbocycles. The van der Waals surface area contributed by atoms with Crippen molar-refractivity contribution in [2.75, 3.05) is 19.7 Å². The number of carbonyl (C=O) groups is 1. The molecule has 4 nitrogen and oxygen atoms in total. The van der Waals surface area contributed by atoms with Gasteiger partial charge in [-0.1, -0.05) is 11.6 Å². The molecule has 0 spiro atoms. The summed E-state index contributed by atoms with van der Waals surface area (Å²) in [7, 11) is 0. The minimum absolute atomic E-state index is 0.284. The second-order valence-corrected chi connectivity index (χ2v) is 7.13. The summed E-state index contributed by atoms with van der Waals surface area (Å²) in [5, 5.41) is 0.394. The first kappa shape index (κ1) is 19.0. The predicted octanol–water partition coefficient (Wildman–Crippen LogP) is 5.13. The zero-order valence-electron chi connectivity index (χ0n) is 14.4. The Bertz CT molecular complexity index is 719. The molecule has 0 aliphatic carbocycles. The highest BCUT2D eigenvalue weighted by atomic mass is 35.5. The van der Waals surface area contributed by atoms with E-state index in [4.69, 9.17) is 32.7 Å². The summed E-state index contributed by atoms with van der Waals surface area (Å²) in [6, 6.07) is 15.1. The Morgan fingerprint density at radius 2 is 1.65 bits per heavy atom. The van der Waals surface area contributed by atoms with E-state index < -0.39 is 0 Å². The quantitative estimate of drug-likeness (QED) is 0.582. The third-order valence-corrected chi connectivity index (χ3v) is 4.85. The maximum atomic E-state index is 11.0. The Balaban J connectivity index is 1.49. The van der Waals surface area contributed by atoms with Gasteiger partial charge in [-0.05, 0) is 79.5 Å². The number of hydrogen-bond donors (Lipinski definition) is 0. The predicted molar refractivity (Wildman–Crippen MR) is 104 cm³/mol. The summed E-state index contributed by atoms with van der Waals surface area (Å²) in [4.78, 5) is 13.2. The molecule has 1 atom stereocenters. The molecule has 0 N–H and O–H groups in total. The highest BCUT2D eigenvalue weighted by Gasteiger charge is 2.25. The zero-order valence-corrected chi connectivity index (χ0v) is 15.9. The van der Waals surface area contributed by atoms with Gasteiger partial charge in [-0.3, -0.25) is 9.69 Å². The Hall–Kier alpha value is -1.75. The van der Waals surface area contributed by atoms with E-state index >= 15 is 0 Å². The van der Waals surface area contributed by atoms with Gasteiger partial charge in [0, 0.05) is 24.0 Å².